The highest BCUT2D eigenvalue weighted by molar-refractivity contribution is 5.32. The Kier molecular flexibility index (Phi) is 6.04. The van der Waals surface area contributed by atoms with Gasteiger partial charge >= 0.3 is 0 Å². The maximum atomic E-state index is 14.4. The third-order valence-corrected chi connectivity index (χ3v) is 4.03. The molecule has 2 aromatic rings. The summed E-state index contributed by atoms with van der Waals surface area (Å²) in [7, 11) is 1.27. The summed E-state index contributed by atoms with van der Waals surface area (Å²) in [6.45, 7) is 5.21. The average Bonchev–Trinajstić information content (AvgIpc) is 2.57. The number of benzene rings is 1. The van der Waals surface area contributed by atoms with E-state index in [1.165, 1.54) is 19.2 Å². The van der Waals surface area contributed by atoms with E-state index in [1.807, 2.05) is 12.1 Å². The van der Waals surface area contributed by atoms with Crippen molar-refractivity contribution in [1.82, 2.24) is 9.88 Å². The van der Waals surface area contributed by atoms with E-state index in [2.05, 4.69) is 23.7 Å². The maximum absolute atomic E-state index is 14.4. The monoisotopic (exact) mass is 320 g/mol. The fourth-order valence-electron chi connectivity index (χ4n) is 2.45. The van der Waals surface area contributed by atoms with Crippen LogP contribution in [0.25, 0.3) is 0 Å². The minimum Gasteiger partial charge on any atom is -0.491 e. The molecule has 0 saturated heterocycles. The van der Waals surface area contributed by atoms with E-state index >= 15 is 0 Å². The van der Waals surface area contributed by atoms with Crippen molar-refractivity contribution in [2.75, 3.05) is 7.11 Å². The first-order valence-electron chi connectivity index (χ1n) is 7.70. The van der Waals surface area contributed by atoms with E-state index in [4.69, 9.17) is 4.74 Å². The van der Waals surface area contributed by atoms with Crippen LogP contribution in [0.3, 0.4) is 0 Å². The molecule has 1 aromatic carbocycles. The van der Waals surface area contributed by atoms with Crippen molar-refractivity contribution in [3.8, 4) is 5.75 Å². The smallest absolute Gasteiger partial charge is 0.190 e. The van der Waals surface area contributed by atoms with Crippen LogP contribution in [-0.2, 0) is 13.1 Å². The van der Waals surface area contributed by atoms with E-state index in [1.54, 1.807) is 12.4 Å². The van der Waals surface area contributed by atoms with Crippen LogP contribution in [0.5, 0.6) is 5.75 Å². The Morgan fingerprint density at radius 2 is 2.00 bits per heavy atom. The van der Waals surface area contributed by atoms with Gasteiger partial charge in [-0.25, -0.2) is 8.78 Å². The maximum Gasteiger partial charge on any atom is 0.190 e. The van der Waals surface area contributed by atoms with Gasteiger partial charge in [-0.2, -0.15) is 0 Å². The van der Waals surface area contributed by atoms with E-state index in [9.17, 15) is 8.78 Å². The molecular formula is C18H22F2N2O. The topological polar surface area (TPSA) is 25.4 Å². The first kappa shape index (κ1) is 17.3. The number of hydrogen-bond donors (Lipinski definition) is 0. The van der Waals surface area contributed by atoms with Gasteiger partial charge in [0.05, 0.1) is 7.11 Å². The molecule has 0 unspecified atom stereocenters. The molecule has 0 N–H and O–H groups in total. The Bertz CT molecular complexity index is 634. The summed E-state index contributed by atoms with van der Waals surface area (Å²) in [6, 6.07) is 6.85. The van der Waals surface area contributed by atoms with Crippen LogP contribution >= 0.6 is 0 Å². The average molecular weight is 320 g/mol. The molecule has 0 aliphatic carbocycles. The van der Waals surface area contributed by atoms with Gasteiger partial charge in [-0.3, -0.25) is 9.88 Å². The zero-order chi connectivity index (χ0) is 16.8. The lowest BCUT2D eigenvalue weighted by atomic mass is 10.1. The summed E-state index contributed by atoms with van der Waals surface area (Å²) in [5, 5.41) is 0. The Morgan fingerprint density at radius 1 is 1.22 bits per heavy atom. The Balaban J connectivity index is 2.24. The number of hydrogen-bond acceptors (Lipinski definition) is 3. The molecule has 0 fully saturated rings. The zero-order valence-electron chi connectivity index (χ0n) is 13.7. The van der Waals surface area contributed by atoms with Crippen LogP contribution in [0, 0.1) is 11.6 Å². The first-order valence-corrected chi connectivity index (χ1v) is 7.70. The zero-order valence-corrected chi connectivity index (χ0v) is 13.7. The summed E-state index contributed by atoms with van der Waals surface area (Å²) < 4.78 is 32.8. The molecule has 0 radical (unpaired) electrons. The van der Waals surface area contributed by atoms with Gasteiger partial charge in [0.1, 0.15) is 0 Å². The molecule has 0 aliphatic rings. The molecule has 0 spiro atoms. The molecule has 0 amide bonds. The fourth-order valence-corrected chi connectivity index (χ4v) is 2.45. The highest BCUT2D eigenvalue weighted by Gasteiger charge is 2.19. The lowest BCUT2D eigenvalue weighted by molar-refractivity contribution is 0.182. The highest BCUT2D eigenvalue weighted by Crippen LogP contribution is 2.26. The lowest BCUT2D eigenvalue weighted by Crippen LogP contribution is -2.32. The molecule has 124 valence electrons. The standard InChI is InChI=1S/C18H22F2N2O/c1-4-13(2)22(11-14-6-5-9-21-10-14)12-15-7-8-16(19)18(23-3)17(15)20/h5-10,13H,4,11-12H2,1-3H3/t13-/m0/s1. The largest absolute Gasteiger partial charge is 0.491 e. The number of ether oxygens (including phenoxy) is 1. The molecule has 1 heterocycles. The predicted molar refractivity (Wildman–Crippen MR) is 86.1 cm³/mol. The summed E-state index contributed by atoms with van der Waals surface area (Å²) in [6.07, 6.45) is 4.46. The minimum absolute atomic E-state index is 0.255. The van der Waals surface area contributed by atoms with Crippen molar-refractivity contribution in [2.24, 2.45) is 0 Å². The lowest BCUT2D eigenvalue weighted by Gasteiger charge is -2.28. The Morgan fingerprint density at radius 3 is 2.61 bits per heavy atom. The van der Waals surface area contributed by atoms with E-state index < -0.39 is 11.6 Å². The predicted octanol–water partition coefficient (Wildman–Crippen LogP) is 4.17. The van der Waals surface area contributed by atoms with Gasteiger partial charge in [-0.1, -0.05) is 19.1 Å². The highest BCUT2D eigenvalue weighted by atomic mass is 19.1. The van der Waals surface area contributed by atoms with Gasteiger partial charge in [0.2, 0.25) is 0 Å². The molecule has 0 bridgehead atoms. The second-order valence-corrected chi connectivity index (χ2v) is 5.58. The number of nitrogens with zero attached hydrogens (tertiary/aromatic N) is 2. The number of methoxy groups -OCH3 is 1. The van der Waals surface area contributed by atoms with Gasteiger partial charge in [0, 0.05) is 37.1 Å². The second kappa shape index (κ2) is 8.02. The van der Waals surface area contributed by atoms with E-state index in [0.29, 0.717) is 18.7 Å². The van der Waals surface area contributed by atoms with Crippen molar-refractivity contribution >= 4 is 0 Å². The van der Waals surface area contributed by atoms with Crippen LogP contribution < -0.4 is 4.74 Å². The van der Waals surface area contributed by atoms with Gasteiger partial charge in [-0.05, 0) is 31.0 Å². The van der Waals surface area contributed by atoms with Crippen molar-refractivity contribution in [1.29, 1.82) is 0 Å². The number of rotatable bonds is 7. The van der Waals surface area contributed by atoms with Crippen LogP contribution in [0.4, 0.5) is 8.78 Å². The second-order valence-electron chi connectivity index (χ2n) is 5.58. The third-order valence-electron chi connectivity index (χ3n) is 4.03. The van der Waals surface area contributed by atoms with Crippen LogP contribution in [0.15, 0.2) is 36.7 Å². The molecule has 3 nitrogen and oxygen atoms in total. The van der Waals surface area contributed by atoms with Crippen LogP contribution in [-0.4, -0.2) is 23.0 Å². The first-order chi connectivity index (χ1) is 11.1. The molecule has 2 rings (SSSR count). The van der Waals surface area contributed by atoms with Gasteiger partial charge < -0.3 is 4.74 Å². The molecule has 0 saturated carbocycles. The fraction of sp³-hybridized carbons (Fsp3) is 0.389. The normalized spacial score (nSPS) is 12.4. The SMILES string of the molecule is CC[C@H](C)N(Cc1cccnc1)Cc1ccc(F)c(OC)c1F. The summed E-state index contributed by atoms with van der Waals surface area (Å²) in [4.78, 5) is 6.26. The van der Waals surface area contributed by atoms with Gasteiger partial charge in [-0.15, -0.1) is 0 Å². The third kappa shape index (κ3) is 4.26. The summed E-state index contributed by atoms with van der Waals surface area (Å²) in [5.74, 6) is -1.64. The quantitative estimate of drug-likeness (QED) is 0.765. The van der Waals surface area contributed by atoms with E-state index in [0.717, 1.165) is 12.0 Å². The van der Waals surface area contributed by atoms with Gasteiger partial charge in [0.15, 0.2) is 17.4 Å². The number of aromatic nitrogens is 1. The number of pyridine rings is 1. The van der Waals surface area contributed by atoms with E-state index in [-0.39, 0.29) is 11.8 Å². The van der Waals surface area contributed by atoms with Crippen LogP contribution in [0.2, 0.25) is 0 Å². The Labute approximate surface area is 135 Å². The molecule has 23 heavy (non-hydrogen) atoms. The molecule has 5 heteroatoms. The van der Waals surface area contributed by atoms with Crippen molar-refractivity contribution in [2.45, 2.75) is 39.4 Å². The Hall–Kier alpha value is -2.01. The van der Waals surface area contributed by atoms with Crippen molar-refractivity contribution in [3.63, 3.8) is 0 Å². The van der Waals surface area contributed by atoms with Crippen molar-refractivity contribution < 1.29 is 13.5 Å². The summed E-state index contributed by atoms with van der Waals surface area (Å²) in [5.41, 5.74) is 1.48. The molecule has 0 aliphatic heterocycles. The molecular weight excluding hydrogens is 298 g/mol. The molecule has 1 atom stereocenters. The van der Waals surface area contributed by atoms with Crippen molar-refractivity contribution in [3.05, 3.63) is 59.4 Å². The van der Waals surface area contributed by atoms with Crippen LogP contribution in [0.1, 0.15) is 31.4 Å². The van der Waals surface area contributed by atoms with Gasteiger partial charge in [0.25, 0.3) is 0 Å². The minimum atomic E-state index is -0.684. The molecule has 1 aromatic heterocycles. The summed E-state index contributed by atoms with van der Waals surface area (Å²) >= 11 is 0. The number of halogens is 2.